The molecule has 5 nitrogen and oxygen atoms in total. The highest BCUT2D eigenvalue weighted by Gasteiger charge is 2.42. The molecule has 0 aromatic heterocycles. The molecule has 0 spiro atoms. The maximum atomic E-state index is 13.1. The van der Waals surface area contributed by atoms with Crippen LogP contribution in [0.3, 0.4) is 0 Å². The molecule has 1 amide bonds. The number of rotatable bonds is 4. The maximum Gasteiger partial charge on any atom is 0.321 e. The molecule has 1 saturated carbocycles. The summed E-state index contributed by atoms with van der Waals surface area (Å²) in [7, 11) is 0. The van der Waals surface area contributed by atoms with Crippen molar-refractivity contribution in [1.29, 1.82) is 0 Å². The van der Waals surface area contributed by atoms with Crippen LogP contribution in [-0.2, 0) is 10.2 Å². The van der Waals surface area contributed by atoms with E-state index in [2.05, 4.69) is 0 Å². The van der Waals surface area contributed by atoms with Gasteiger partial charge in [-0.2, -0.15) is 0 Å². The fourth-order valence-electron chi connectivity index (χ4n) is 3.58. The number of ether oxygens (including phenoxy) is 1. The third kappa shape index (κ3) is 3.63. The van der Waals surface area contributed by atoms with Gasteiger partial charge in [0.05, 0.1) is 5.41 Å². The standard InChI is InChI=1S/C21H23NO4/c1-15-5-9-17(10-6-15)21(13-3-2-4-14-21)20(24)26-18-11-7-16(8-12-18)19(23)22-25/h5-12,25H,2-4,13-14H2,1H3,(H,22,23). The predicted octanol–water partition coefficient (Wildman–Crippen LogP) is 3.92. The molecule has 0 saturated heterocycles. The summed E-state index contributed by atoms with van der Waals surface area (Å²) in [6, 6.07) is 14.2. The molecule has 1 aliphatic carbocycles. The van der Waals surface area contributed by atoms with Crippen molar-refractivity contribution in [2.45, 2.75) is 44.4 Å². The molecule has 5 heteroatoms. The molecule has 0 unspecified atom stereocenters. The number of hydroxylamine groups is 1. The van der Waals surface area contributed by atoms with Gasteiger partial charge in [0.15, 0.2) is 0 Å². The normalized spacial score (nSPS) is 15.9. The molecule has 1 aliphatic rings. The largest absolute Gasteiger partial charge is 0.426 e. The number of hydrogen-bond acceptors (Lipinski definition) is 4. The topological polar surface area (TPSA) is 75.6 Å². The van der Waals surface area contributed by atoms with E-state index in [1.165, 1.54) is 12.1 Å². The lowest BCUT2D eigenvalue weighted by Gasteiger charge is -2.35. The van der Waals surface area contributed by atoms with Gasteiger partial charge in [0.25, 0.3) is 5.91 Å². The zero-order chi connectivity index (χ0) is 18.6. The number of amides is 1. The molecule has 136 valence electrons. The van der Waals surface area contributed by atoms with Gasteiger partial charge in [-0.15, -0.1) is 0 Å². The monoisotopic (exact) mass is 353 g/mol. The lowest BCUT2D eigenvalue weighted by atomic mass is 9.69. The van der Waals surface area contributed by atoms with Crippen molar-refractivity contribution in [1.82, 2.24) is 5.48 Å². The maximum absolute atomic E-state index is 13.1. The van der Waals surface area contributed by atoms with Crippen molar-refractivity contribution in [3.63, 3.8) is 0 Å². The molecule has 2 aromatic carbocycles. The van der Waals surface area contributed by atoms with E-state index in [9.17, 15) is 9.59 Å². The zero-order valence-corrected chi connectivity index (χ0v) is 14.8. The van der Waals surface area contributed by atoms with Gasteiger partial charge in [-0.1, -0.05) is 49.1 Å². The van der Waals surface area contributed by atoms with E-state index >= 15 is 0 Å². The number of aryl methyl sites for hydroxylation is 1. The molecule has 1 fully saturated rings. The minimum absolute atomic E-state index is 0.250. The Kier molecular flexibility index (Phi) is 5.38. The second-order valence-electron chi connectivity index (χ2n) is 6.86. The van der Waals surface area contributed by atoms with E-state index in [1.807, 2.05) is 31.2 Å². The lowest BCUT2D eigenvalue weighted by molar-refractivity contribution is -0.142. The Labute approximate surface area is 153 Å². The van der Waals surface area contributed by atoms with E-state index in [4.69, 9.17) is 9.94 Å². The molecule has 0 aliphatic heterocycles. The Balaban J connectivity index is 1.84. The highest BCUT2D eigenvalue weighted by molar-refractivity contribution is 5.93. The summed E-state index contributed by atoms with van der Waals surface area (Å²) >= 11 is 0. The Bertz CT molecular complexity index is 775. The fourth-order valence-corrected chi connectivity index (χ4v) is 3.58. The van der Waals surface area contributed by atoms with Crippen LogP contribution in [0.5, 0.6) is 5.75 Å². The number of nitrogens with one attached hydrogen (secondary N) is 1. The number of carbonyl (C=O) groups excluding carboxylic acids is 2. The molecule has 2 aromatic rings. The van der Waals surface area contributed by atoms with Crippen molar-refractivity contribution in [2.75, 3.05) is 0 Å². The smallest absolute Gasteiger partial charge is 0.321 e. The van der Waals surface area contributed by atoms with Gasteiger partial charge in [0.2, 0.25) is 0 Å². The molecular formula is C21H23NO4. The number of esters is 1. The van der Waals surface area contributed by atoms with Crippen LogP contribution >= 0.6 is 0 Å². The van der Waals surface area contributed by atoms with E-state index < -0.39 is 11.3 Å². The van der Waals surface area contributed by atoms with Crippen molar-refractivity contribution in [3.05, 3.63) is 65.2 Å². The average Bonchev–Trinajstić information content (AvgIpc) is 2.69. The molecule has 0 radical (unpaired) electrons. The Hall–Kier alpha value is -2.66. The summed E-state index contributed by atoms with van der Waals surface area (Å²) in [4.78, 5) is 24.5. The van der Waals surface area contributed by atoms with Crippen molar-refractivity contribution >= 4 is 11.9 Å². The Morgan fingerprint density at radius 3 is 2.15 bits per heavy atom. The quantitative estimate of drug-likeness (QED) is 0.378. The molecule has 2 N–H and O–H groups in total. The second-order valence-corrected chi connectivity index (χ2v) is 6.86. The third-order valence-corrected chi connectivity index (χ3v) is 5.13. The van der Waals surface area contributed by atoms with Crippen molar-refractivity contribution in [2.24, 2.45) is 0 Å². The summed E-state index contributed by atoms with van der Waals surface area (Å²) in [6.45, 7) is 2.03. The van der Waals surface area contributed by atoms with Crippen LogP contribution in [0.1, 0.15) is 53.6 Å². The van der Waals surface area contributed by atoms with E-state index in [0.717, 1.165) is 43.2 Å². The van der Waals surface area contributed by atoms with Gasteiger partial charge in [0, 0.05) is 5.56 Å². The first-order valence-electron chi connectivity index (χ1n) is 8.89. The highest BCUT2D eigenvalue weighted by Crippen LogP contribution is 2.41. The van der Waals surface area contributed by atoms with Gasteiger partial charge in [-0.05, 0) is 49.6 Å². The summed E-state index contributed by atoms with van der Waals surface area (Å²) < 4.78 is 5.68. The van der Waals surface area contributed by atoms with Crippen LogP contribution in [0.4, 0.5) is 0 Å². The predicted molar refractivity (Wildman–Crippen MR) is 97.3 cm³/mol. The first kappa shape index (κ1) is 18.1. The van der Waals surface area contributed by atoms with Gasteiger partial charge >= 0.3 is 5.97 Å². The SMILES string of the molecule is Cc1ccc(C2(C(=O)Oc3ccc(C(=O)NO)cc3)CCCCC2)cc1. The fraction of sp³-hybridized carbons (Fsp3) is 0.333. The molecule has 0 bridgehead atoms. The highest BCUT2D eigenvalue weighted by atomic mass is 16.5. The van der Waals surface area contributed by atoms with Crippen LogP contribution in [0.15, 0.2) is 48.5 Å². The second kappa shape index (κ2) is 7.70. The van der Waals surface area contributed by atoms with Crippen molar-refractivity contribution < 1.29 is 19.5 Å². The van der Waals surface area contributed by atoms with Gasteiger partial charge in [0.1, 0.15) is 5.75 Å². The van der Waals surface area contributed by atoms with E-state index in [-0.39, 0.29) is 5.97 Å². The van der Waals surface area contributed by atoms with Crippen LogP contribution in [0, 0.1) is 6.92 Å². The van der Waals surface area contributed by atoms with Gasteiger partial charge < -0.3 is 4.74 Å². The van der Waals surface area contributed by atoms with E-state index in [1.54, 1.807) is 17.6 Å². The third-order valence-electron chi connectivity index (χ3n) is 5.13. The minimum Gasteiger partial charge on any atom is -0.426 e. The van der Waals surface area contributed by atoms with Crippen LogP contribution in [0.25, 0.3) is 0 Å². The number of hydrogen-bond donors (Lipinski definition) is 2. The minimum atomic E-state index is -0.618. The van der Waals surface area contributed by atoms with Crippen molar-refractivity contribution in [3.8, 4) is 5.75 Å². The molecule has 26 heavy (non-hydrogen) atoms. The summed E-state index contributed by atoms with van der Waals surface area (Å²) in [6.07, 6.45) is 4.68. The number of carbonyl (C=O) groups is 2. The van der Waals surface area contributed by atoms with Crippen LogP contribution in [0.2, 0.25) is 0 Å². The molecule has 0 heterocycles. The first-order chi connectivity index (χ1) is 12.5. The molecule has 0 atom stereocenters. The lowest BCUT2D eigenvalue weighted by Crippen LogP contribution is -2.41. The first-order valence-corrected chi connectivity index (χ1v) is 8.89. The average molecular weight is 353 g/mol. The molecular weight excluding hydrogens is 330 g/mol. The van der Waals surface area contributed by atoms with E-state index in [0.29, 0.717) is 11.3 Å². The summed E-state index contributed by atoms with van der Waals surface area (Å²) in [5.74, 6) is -0.465. The Morgan fingerprint density at radius 2 is 1.58 bits per heavy atom. The number of benzene rings is 2. The zero-order valence-electron chi connectivity index (χ0n) is 14.8. The van der Waals surface area contributed by atoms with Gasteiger partial charge in [-0.25, -0.2) is 5.48 Å². The van der Waals surface area contributed by atoms with Crippen LogP contribution < -0.4 is 10.2 Å². The molecule has 3 rings (SSSR count). The van der Waals surface area contributed by atoms with Crippen LogP contribution in [-0.4, -0.2) is 17.1 Å². The summed E-state index contributed by atoms with van der Waals surface area (Å²) in [5, 5.41) is 8.67. The summed E-state index contributed by atoms with van der Waals surface area (Å²) in [5.41, 5.74) is 3.41. The Morgan fingerprint density at radius 1 is 0.962 bits per heavy atom. The van der Waals surface area contributed by atoms with Gasteiger partial charge in [-0.3, -0.25) is 14.8 Å².